The second-order valence-electron chi connectivity index (χ2n) is 5.96. The van der Waals surface area contributed by atoms with E-state index in [2.05, 4.69) is 36.2 Å². The van der Waals surface area contributed by atoms with E-state index in [1.165, 1.54) is 33.4 Å². The van der Waals surface area contributed by atoms with Crippen LogP contribution in [0.5, 0.6) is 0 Å². The van der Waals surface area contributed by atoms with Gasteiger partial charge >= 0.3 is 0 Å². The highest BCUT2D eigenvalue weighted by molar-refractivity contribution is 7.19. The Morgan fingerprint density at radius 2 is 2.05 bits per heavy atom. The summed E-state index contributed by atoms with van der Waals surface area (Å²) in [6.07, 6.45) is 2.39. The van der Waals surface area contributed by atoms with E-state index in [1.54, 1.807) is 0 Å². The van der Waals surface area contributed by atoms with Crippen LogP contribution in [0.25, 0.3) is 10.1 Å². The Labute approximate surface area is 130 Å². The lowest BCUT2D eigenvalue weighted by molar-refractivity contribution is 0.0550. The van der Waals surface area contributed by atoms with Crippen molar-refractivity contribution in [1.82, 2.24) is 4.90 Å². The molecule has 21 heavy (non-hydrogen) atoms. The van der Waals surface area contributed by atoms with Crippen molar-refractivity contribution in [2.75, 3.05) is 26.8 Å². The van der Waals surface area contributed by atoms with E-state index in [0.717, 1.165) is 32.2 Å². The van der Waals surface area contributed by atoms with E-state index < -0.39 is 0 Å². The first-order valence-electron chi connectivity index (χ1n) is 7.73. The monoisotopic (exact) mass is 304 g/mol. The molecule has 1 saturated heterocycles. The summed E-state index contributed by atoms with van der Waals surface area (Å²) in [5.41, 5.74) is 7.37. The zero-order valence-electron chi connectivity index (χ0n) is 12.7. The van der Waals surface area contributed by atoms with Crippen LogP contribution in [0.2, 0.25) is 0 Å². The zero-order chi connectivity index (χ0) is 14.7. The maximum atomic E-state index is 5.95. The fourth-order valence-electron chi connectivity index (χ4n) is 3.19. The molecular weight excluding hydrogens is 280 g/mol. The molecule has 1 aromatic heterocycles. The molecule has 2 N–H and O–H groups in total. The number of ether oxygens (including phenoxy) is 1. The van der Waals surface area contributed by atoms with E-state index in [4.69, 9.17) is 10.5 Å². The minimum atomic E-state index is 0.639. The molecule has 114 valence electrons. The summed E-state index contributed by atoms with van der Waals surface area (Å²) >= 11 is 1.84. The van der Waals surface area contributed by atoms with Gasteiger partial charge in [-0.25, -0.2) is 0 Å². The molecule has 4 heteroatoms. The van der Waals surface area contributed by atoms with Crippen LogP contribution >= 0.6 is 11.3 Å². The quantitative estimate of drug-likeness (QED) is 0.922. The molecule has 3 rings (SSSR count). The molecule has 0 saturated carbocycles. The highest BCUT2D eigenvalue weighted by Crippen LogP contribution is 2.32. The number of hydrogen-bond donors (Lipinski definition) is 1. The highest BCUT2D eigenvalue weighted by Gasteiger charge is 2.18. The first-order chi connectivity index (χ1) is 10.3. The summed E-state index contributed by atoms with van der Waals surface area (Å²) in [7, 11) is 2.22. The van der Waals surface area contributed by atoms with Crippen LogP contribution < -0.4 is 5.73 Å². The summed E-state index contributed by atoms with van der Waals surface area (Å²) in [5.74, 6) is 0.773. The minimum Gasteiger partial charge on any atom is -0.381 e. The normalized spacial score (nSPS) is 16.9. The van der Waals surface area contributed by atoms with Crippen molar-refractivity contribution >= 4 is 21.4 Å². The van der Waals surface area contributed by atoms with Crippen LogP contribution in [0, 0.1) is 5.92 Å². The van der Waals surface area contributed by atoms with Crippen LogP contribution in [-0.2, 0) is 17.8 Å². The summed E-state index contributed by atoms with van der Waals surface area (Å²) < 4.78 is 6.80. The number of nitrogens with zero attached hydrogens (tertiary/aromatic N) is 1. The molecular formula is C17H24N2OS. The van der Waals surface area contributed by atoms with Crippen molar-refractivity contribution < 1.29 is 4.74 Å². The van der Waals surface area contributed by atoms with E-state index >= 15 is 0 Å². The molecule has 0 radical (unpaired) electrons. The Morgan fingerprint density at radius 1 is 1.29 bits per heavy atom. The zero-order valence-corrected chi connectivity index (χ0v) is 13.5. The molecule has 1 fully saturated rings. The first kappa shape index (κ1) is 15.0. The van der Waals surface area contributed by atoms with Gasteiger partial charge in [0.25, 0.3) is 0 Å². The fraction of sp³-hybridized carbons (Fsp3) is 0.529. The van der Waals surface area contributed by atoms with Gasteiger partial charge in [-0.2, -0.15) is 0 Å². The molecule has 0 spiro atoms. The topological polar surface area (TPSA) is 38.5 Å². The van der Waals surface area contributed by atoms with Gasteiger partial charge in [-0.3, -0.25) is 0 Å². The molecule has 0 amide bonds. The average molecular weight is 304 g/mol. The van der Waals surface area contributed by atoms with Crippen molar-refractivity contribution in [3.63, 3.8) is 0 Å². The summed E-state index contributed by atoms with van der Waals surface area (Å²) in [5, 5.41) is 1.38. The molecule has 2 heterocycles. The summed E-state index contributed by atoms with van der Waals surface area (Å²) in [4.78, 5) is 3.78. The second-order valence-corrected chi connectivity index (χ2v) is 7.09. The third kappa shape index (κ3) is 3.46. The number of benzene rings is 1. The maximum Gasteiger partial charge on any atom is 0.0469 e. The van der Waals surface area contributed by atoms with Gasteiger partial charge in [0.1, 0.15) is 0 Å². The van der Waals surface area contributed by atoms with Crippen molar-refractivity contribution in [2.24, 2.45) is 11.7 Å². The van der Waals surface area contributed by atoms with Gasteiger partial charge in [0.2, 0.25) is 0 Å². The number of hydrogen-bond acceptors (Lipinski definition) is 4. The minimum absolute atomic E-state index is 0.639. The molecule has 1 aliphatic heterocycles. The van der Waals surface area contributed by atoms with Crippen LogP contribution in [0.3, 0.4) is 0 Å². The van der Waals surface area contributed by atoms with E-state index in [-0.39, 0.29) is 0 Å². The summed E-state index contributed by atoms with van der Waals surface area (Å²) in [6.45, 7) is 4.63. The SMILES string of the molecule is CN(Cc1c(CN)sc2ccccc12)CC1CCOCC1. The fourth-order valence-corrected chi connectivity index (χ4v) is 4.29. The average Bonchev–Trinajstić information content (AvgIpc) is 2.86. The van der Waals surface area contributed by atoms with Crippen LogP contribution in [-0.4, -0.2) is 31.7 Å². The number of fused-ring (bicyclic) bond motifs is 1. The first-order valence-corrected chi connectivity index (χ1v) is 8.55. The maximum absolute atomic E-state index is 5.95. The van der Waals surface area contributed by atoms with Crippen LogP contribution in [0.1, 0.15) is 23.3 Å². The molecule has 0 unspecified atom stereocenters. The lowest BCUT2D eigenvalue weighted by atomic mass is 9.99. The second kappa shape index (κ2) is 6.88. The van der Waals surface area contributed by atoms with Crippen LogP contribution in [0.15, 0.2) is 24.3 Å². The molecule has 0 atom stereocenters. The Hall–Kier alpha value is -0.940. The Bertz CT molecular complexity index is 589. The van der Waals surface area contributed by atoms with Gasteiger partial charge in [0, 0.05) is 42.4 Å². The molecule has 2 aromatic rings. The van der Waals surface area contributed by atoms with Crippen molar-refractivity contribution in [1.29, 1.82) is 0 Å². The number of nitrogens with two attached hydrogens (primary N) is 1. The van der Waals surface area contributed by atoms with Gasteiger partial charge in [0.05, 0.1) is 0 Å². The standard InChI is InChI=1S/C17H24N2OS/c1-19(11-13-6-8-20-9-7-13)12-15-14-4-2-3-5-16(14)21-17(15)10-18/h2-5,13H,6-12,18H2,1H3. The predicted octanol–water partition coefficient (Wildman–Crippen LogP) is 3.22. The van der Waals surface area contributed by atoms with Crippen molar-refractivity contribution in [3.05, 3.63) is 34.7 Å². The molecule has 0 bridgehead atoms. The van der Waals surface area contributed by atoms with Gasteiger partial charge in [0.15, 0.2) is 0 Å². The van der Waals surface area contributed by atoms with E-state index in [9.17, 15) is 0 Å². The largest absolute Gasteiger partial charge is 0.381 e. The lowest BCUT2D eigenvalue weighted by Gasteiger charge is -2.27. The number of thiophene rings is 1. The highest BCUT2D eigenvalue weighted by atomic mass is 32.1. The molecule has 3 nitrogen and oxygen atoms in total. The number of rotatable bonds is 5. The van der Waals surface area contributed by atoms with Crippen molar-refractivity contribution in [3.8, 4) is 0 Å². The predicted molar refractivity (Wildman–Crippen MR) is 89.6 cm³/mol. The third-order valence-electron chi connectivity index (χ3n) is 4.31. The van der Waals surface area contributed by atoms with Crippen LogP contribution in [0.4, 0.5) is 0 Å². The van der Waals surface area contributed by atoms with E-state index in [0.29, 0.717) is 6.54 Å². The smallest absolute Gasteiger partial charge is 0.0469 e. The summed E-state index contributed by atoms with van der Waals surface area (Å²) in [6, 6.07) is 8.65. The van der Waals surface area contributed by atoms with E-state index in [1.807, 2.05) is 11.3 Å². The Kier molecular flexibility index (Phi) is 4.91. The van der Waals surface area contributed by atoms with Gasteiger partial charge < -0.3 is 15.4 Å². The van der Waals surface area contributed by atoms with Gasteiger partial charge in [-0.05, 0) is 42.8 Å². The van der Waals surface area contributed by atoms with Crippen molar-refractivity contribution in [2.45, 2.75) is 25.9 Å². The molecule has 1 aliphatic rings. The lowest BCUT2D eigenvalue weighted by Crippen LogP contribution is -2.29. The third-order valence-corrected chi connectivity index (χ3v) is 5.54. The van der Waals surface area contributed by atoms with Gasteiger partial charge in [-0.15, -0.1) is 11.3 Å². The van der Waals surface area contributed by atoms with Gasteiger partial charge in [-0.1, -0.05) is 18.2 Å². The molecule has 1 aromatic carbocycles. The molecule has 0 aliphatic carbocycles. The Balaban J connectivity index is 1.74. The Morgan fingerprint density at radius 3 is 2.81 bits per heavy atom.